The monoisotopic (exact) mass is 89.1 g/mol. The van der Waals surface area contributed by atoms with Crippen LogP contribution >= 0.6 is 0 Å². The minimum atomic E-state index is 0.632. The summed E-state index contributed by atoms with van der Waals surface area (Å²) in [6.07, 6.45) is 0. The van der Waals surface area contributed by atoms with Crippen LogP contribution in [0.2, 0.25) is 0 Å². The molecule has 0 bridgehead atoms. The average molecular weight is 89.1 g/mol. The lowest BCUT2D eigenvalue weighted by Gasteiger charge is -2.03. The van der Waals surface area contributed by atoms with Crippen LogP contribution in [0.3, 0.4) is 0 Å². The first-order valence-electron chi connectivity index (χ1n) is 1.93. The summed E-state index contributed by atoms with van der Waals surface area (Å²) in [6, 6.07) is 0. The Morgan fingerprint density at radius 3 is 2.17 bits per heavy atom. The van der Waals surface area contributed by atoms with E-state index >= 15 is 0 Å². The van der Waals surface area contributed by atoms with Crippen molar-refractivity contribution in [2.45, 2.75) is 0 Å². The fraction of sp³-hybridized carbons (Fsp3) is 1.00. The Hall–Kier alpha value is -0.120. The average Bonchev–Trinajstić information content (AvgIpc) is 1.35. The maximum absolute atomic E-state index is 5.16. The number of hydrogen-bond donors (Lipinski definition) is 2. The molecule has 0 aromatic rings. The van der Waals surface area contributed by atoms with Crippen molar-refractivity contribution in [3.8, 4) is 0 Å². The van der Waals surface area contributed by atoms with Gasteiger partial charge in [-0.2, -0.15) is 0 Å². The van der Waals surface area contributed by atoms with Crippen LogP contribution in [-0.4, -0.2) is 25.1 Å². The van der Waals surface area contributed by atoms with E-state index < -0.39 is 0 Å². The topological polar surface area (TPSA) is 55.3 Å². The minimum absolute atomic E-state index is 0.632. The van der Waals surface area contributed by atoms with Gasteiger partial charge in [0.25, 0.3) is 0 Å². The van der Waals surface area contributed by atoms with Crippen molar-refractivity contribution in [1.82, 2.24) is 5.01 Å². The van der Waals surface area contributed by atoms with Gasteiger partial charge in [-0.25, -0.2) is 5.01 Å². The van der Waals surface area contributed by atoms with Gasteiger partial charge in [0.1, 0.15) is 0 Å². The standard InChI is InChI=1S/C3H11N3/c1-6(5)3-2-4/h2-5H2,1H3. The Labute approximate surface area is 37.9 Å². The van der Waals surface area contributed by atoms with Gasteiger partial charge < -0.3 is 5.73 Å². The zero-order chi connectivity index (χ0) is 4.99. The molecule has 0 heterocycles. The lowest BCUT2D eigenvalue weighted by Crippen LogP contribution is -2.31. The Morgan fingerprint density at radius 1 is 1.67 bits per heavy atom. The summed E-state index contributed by atoms with van der Waals surface area (Å²) in [5.74, 6) is 5.16. The Balaban J connectivity index is 2.63. The van der Waals surface area contributed by atoms with Crippen LogP contribution in [0.4, 0.5) is 0 Å². The summed E-state index contributed by atoms with van der Waals surface area (Å²) in [5.41, 5.74) is 5.11. The zero-order valence-electron chi connectivity index (χ0n) is 4.02. The van der Waals surface area contributed by atoms with Gasteiger partial charge >= 0.3 is 0 Å². The highest BCUT2D eigenvalue weighted by Crippen LogP contribution is 1.58. The van der Waals surface area contributed by atoms with Gasteiger partial charge in [-0.1, -0.05) is 0 Å². The summed E-state index contributed by atoms with van der Waals surface area (Å²) in [7, 11) is 1.78. The number of nitrogens with two attached hydrogens (primary N) is 2. The molecule has 0 radical (unpaired) electrons. The first-order chi connectivity index (χ1) is 2.77. The lowest BCUT2D eigenvalue weighted by atomic mass is 10.6. The van der Waals surface area contributed by atoms with Crippen LogP contribution in [-0.2, 0) is 0 Å². The molecule has 0 aliphatic rings. The van der Waals surface area contributed by atoms with E-state index in [1.54, 1.807) is 12.1 Å². The molecule has 0 saturated heterocycles. The largest absolute Gasteiger partial charge is 0.329 e. The van der Waals surface area contributed by atoms with Gasteiger partial charge in [-0.3, -0.25) is 5.84 Å². The highest BCUT2D eigenvalue weighted by molar-refractivity contribution is 4.36. The fourth-order valence-electron chi connectivity index (χ4n) is 0.204. The molecule has 3 heteroatoms. The summed E-state index contributed by atoms with van der Waals surface area (Å²) < 4.78 is 0. The highest BCUT2D eigenvalue weighted by atomic mass is 15.4. The predicted octanol–water partition coefficient (Wildman–Crippen LogP) is -1.25. The molecule has 0 aromatic carbocycles. The van der Waals surface area contributed by atoms with Crippen molar-refractivity contribution in [2.75, 3.05) is 20.1 Å². The van der Waals surface area contributed by atoms with Crippen LogP contribution in [0.1, 0.15) is 0 Å². The van der Waals surface area contributed by atoms with E-state index in [0.29, 0.717) is 6.54 Å². The molecule has 0 amide bonds. The van der Waals surface area contributed by atoms with E-state index in [1.165, 1.54) is 0 Å². The van der Waals surface area contributed by atoms with E-state index in [0.717, 1.165) is 6.54 Å². The lowest BCUT2D eigenvalue weighted by molar-refractivity contribution is 0.359. The van der Waals surface area contributed by atoms with Crippen molar-refractivity contribution in [3.05, 3.63) is 0 Å². The maximum atomic E-state index is 5.16. The Kier molecular flexibility index (Phi) is 3.02. The molecule has 4 N–H and O–H groups in total. The molecule has 0 spiro atoms. The number of hydrogen-bond acceptors (Lipinski definition) is 3. The van der Waals surface area contributed by atoms with Crippen molar-refractivity contribution >= 4 is 0 Å². The summed E-state index contributed by atoms with van der Waals surface area (Å²) in [6.45, 7) is 1.40. The van der Waals surface area contributed by atoms with Crippen LogP contribution in [0.15, 0.2) is 0 Å². The number of hydrazine groups is 1. The number of rotatable bonds is 2. The first kappa shape index (κ1) is 5.88. The van der Waals surface area contributed by atoms with E-state index in [-0.39, 0.29) is 0 Å². The molecule has 3 nitrogen and oxygen atoms in total. The van der Waals surface area contributed by atoms with Crippen molar-refractivity contribution in [2.24, 2.45) is 11.6 Å². The summed E-state index contributed by atoms with van der Waals surface area (Å²) >= 11 is 0. The predicted molar refractivity (Wildman–Crippen MR) is 25.9 cm³/mol. The molecular formula is C3H11N3. The second-order valence-electron chi connectivity index (χ2n) is 1.27. The van der Waals surface area contributed by atoms with Gasteiger partial charge in [0.2, 0.25) is 0 Å². The Morgan fingerprint density at radius 2 is 2.17 bits per heavy atom. The smallest absolute Gasteiger partial charge is 0.0248 e. The minimum Gasteiger partial charge on any atom is -0.329 e. The van der Waals surface area contributed by atoms with Crippen LogP contribution in [0, 0.1) is 0 Å². The molecule has 0 fully saturated rings. The summed E-state index contributed by atoms with van der Waals surface area (Å²) in [4.78, 5) is 0. The molecule has 0 atom stereocenters. The molecule has 38 valence electrons. The van der Waals surface area contributed by atoms with E-state index in [2.05, 4.69) is 0 Å². The zero-order valence-corrected chi connectivity index (χ0v) is 4.02. The van der Waals surface area contributed by atoms with Gasteiger partial charge in [0.05, 0.1) is 0 Å². The van der Waals surface area contributed by atoms with E-state index in [9.17, 15) is 0 Å². The van der Waals surface area contributed by atoms with Gasteiger partial charge in [-0.05, 0) is 0 Å². The maximum Gasteiger partial charge on any atom is 0.0248 e. The molecule has 0 unspecified atom stereocenters. The van der Waals surface area contributed by atoms with E-state index in [1.807, 2.05) is 0 Å². The molecule has 0 aromatic heterocycles. The van der Waals surface area contributed by atoms with E-state index in [4.69, 9.17) is 11.6 Å². The van der Waals surface area contributed by atoms with Gasteiger partial charge in [0, 0.05) is 20.1 Å². The molecule has 6 heavy (non-hydrogen) atoms. The van der Waals surface area contributed by atoms with Crippen molar-refractivity contribution < 1.29 is 0 Å². The van der Waals surface area contributed by atoms with Gasteiger partial charge in [0.15, 0.2) is 0 Å². The second kappa shape index (κ2) is 3.08. The van der Waals surface area contributed by atoms with Crippen molar-refractivity contribution in [1.29, 1.82) is 0 Å². The second-order valence-corrected chi connectivity index (χ2v) is 1.27. The molecular weight excluding hydrogens is 78.1 g/mol. The Bertz CT molecular complexity index is 27.2. The van der Waals surface area contributed by atoms with Crippen LogP contribution in [0.25, 0.3) is 0 Å². The highest BCUT2D eigenvalue weighted by Gasteiger charge is 1.79. The van der Waals surface area contributed by atoms with Gasteiger partial charge in [-0.15, -0.1) is 0 Å². The normalized spacial score (nSPS) is 10.0. The number of likely N-dealkylation sites (N-methyl/N-ethyl adjacent to an activating group) is 1. The SMILES string of the molecule is CN(N)CCN. The number of nitrogens with zero attached hydrogens (tertiary/aromatic N) is 1. The van der Waals surface area contributed by atoms with Crippen LogP contribution in [0.5, 0.6) is 0 Å². The van der Waals surface area contributed by atoms with Crippen molar-refractivity contribution in [3.63, 3.8) is 0 Å². The molecule has 0 aliphatic heterocycles. The van der Waals surface area contributed by atoms with Crippen LogP contribution < -0.4 is 11.6 Å². The fourth-order valence-corrected chi connectivity index (χ4v) is 0.204. The molecule has 0 saturated carbocycles. The third-order valence-electron chi connectivity index (χ3n) is 0.482. The molecule has 0 aliphatic carbocycles. The third kappa shape index (κ3) is 3.88. The quantitative estimate of drug-likeness (QED) is 0.328. The first-order valence-corrected chi connectivity index (χ1v) is 1.93. The third-order valence-corrected chi connectivity index (χ3v) is 0.482. The molecule has 0 rings (SSSR count). The summed E-state index contributed by atoms with van der Waals surface area (Å²) in [5, 5.41) is 1.56.